The van der Waals surface area contributed by atoms with E-state index in [-0.39, 0.29) is 17.0 Å². The van der Waals surface area contributed by atoms with Crippen LogP contribution in [-0.4, -0.2) is 61.4 Å². The summed E-state index contributed by atoms with van der Waals surface area (Å²) in [6.45, 7) is 4.86. The van der Waals surface area contributed by atoms with Crippen molar-refractivity contribution in [1.29, 1.82) is 0 Å². The maximum atomic E-state index is 12.9. The monoisotopic (exact) mass is 430 g/mol. The van der Waals surface area contributed by atoms with Gasteiger partial charge in [0.25, 0.3) is 11.5 Å². The lowest BCUT2D eigenvalue weighted by Gasteiger charge is -2.33. The van der Waals surface area contributed by atoms with Gasteiger partial charge in [-0.15, -0.1) is 0 Å². The standard InChI is InChI=1S/C23H22N6O3/c1-16-5-7-17(8-6-16)21-25-20(32-26-21)15-27-10-12-28(13-11-27)22(30)18-14-24-19-4-2-3-9-29(19)23(18)31/h2-9,14H,10-13,15H2,1H3. The number of benzene rings is 1. The van der Waals surface area contributed by atoms with Crippen molar-refractivity contribution >= 4 is 11.6 Å². The first-order valence-electron chi connectivity index (χ1n) is 10.5. The third kappa shape index (κ3) is 3.90. The Morgan fingerprint density at radius 2 is 1.84 bits per heavy atom. The Bertz CT molecular complexity index is 1320. The first-order valence-corrected chi connectivity index (χ1v) is 10.5. The number of carbonyl (C=O) groups is 1. The van der Waals surface area contributed by atoms with Gasteiger partial charge in [0.1, 0.15) is 11.2 Å². The van der Waals surface area contributed by atoms with Crippen molar-refractivity contribution in [2.45, 2.75) is 13.5 Å². The summed E-state index contributed by atoms with van der Waals surface area (Å²) in [5.41, 5.74) is 2.34. The number of pyridine rings is 1. The molecule has 1 aliphatic heterocycles. The van der Waals surface area contributed by atoms with Gasteiger partial charge in [-0.3, -0.25) is 18.9 Å². The summed E-state index contributed by atoms with van der Waals surface area (Å²) >= 11 is 0. The summed E-state index contributed by atoms with van der Waals surface area (Å²) < 4.78 is 6.81. The Balaban J connectivity index is 1.22. The van der Waals surface area contributed by atoms with Crippen LogP contribution < -0.4 is 5.56 Å². The number of nitrogens with zero attached hydrogens (tertiary/aromatic N) is 6. The van der Waals surface area contributed by atoms with Crippen molar-refractivity contribution in [2.75, 3.05) is 26.2 Å². The lowest BCUT2D eigenvalue weighted by Crippen LogP contribution is -2.49. The number of hydrogen-bond donors (Lipinski definition) is 0. The fraction of sp³-hybridized carbons (Fsp3) is 0.261. The number of hydrogen-bond acceptors (Lipinski definition) is 7. The van der Waals surface area contributed by atoms with Gasteiger partial charge in [0.05, 0.1) is 6.54 Å². The molecule has 1 saturated heterocycles. The molecule has 0 atom stereocenters. The Kier molecular flexibility index (Phi) is 5.24. The lowest BCUT2D eigenvalue weighted by molar-refractivity contribution is 0.0613. The first kappa shape index (κ1) is 20.1. The zero-order valence-corrected chi connectivity index (χ0v) is 17.6. The van der Waals surface area contributed by atoms with Gasteiger partial charge in [-0.05, 0) is 19.1 Å². The summed E-state index contributed by atoms with van der Waals surface area (Å²) in [7, 11) is 0. The second-order valence-electron chi connectivity index (χ2n) is 7.85. The number of rotatable bonds is 4. The maximum absolute atomic E-state index is 12.9. The predicted octanol–water partition coefficient (Wildman–Crippen LogP) is 2.01. The molecule has 0 N–H and O–H groups in total. The minimum atomic E-state index is -0.350. The summed E-state index contributed by atoms with van der Waals surface area (Å²) in [6.07, 6.45) is 2.99. The van der Waals surface area contributed by atoms with Crippen molar-refractivity contribution in [3.05, 3.63) is 82.2 Å². The SMILES string of the molecule is Cc1ccc(-c2noc(CN3CCN(C(=O)c4cnc5ccccn5c4=O)CC3)n2)cc1. The van der Waals surface area contributed by atoms with E-state index in [1.807, 2.05) is 31.2 Å². The normalized spacial score (nSPS) is 14.7. The van der Waals surface area contributed by atoms with E-state index in [9.17, 15) is 9.59 Å². The molecule has 3 aromatic heterocycles. The highest BCUT2D eigenvalue weighted by Gasteiger charge is 2.25. The van der Waals surface area contributed by atoms with Crippen LogP contribution in [0.2, 0.25) is 0 Å². The van der Waals surface area contributed by atoms with Gasteiger partial charge in [-0.25, -0.2) is 4.98 Å². The molecule has 0 saturated carbocycles. The van der Waals surface area contributed by atoms with Crippen LogP contribution in [0.1, 0.15) is 21.8 Å². The van der Waals surface area contributed by atoms with Crippen LogP contribution in [0.5, 0.6) is 0 Å². The minimum absolute atomic E-state index is 0.0850. The van der Waals surface area contributed by atoms with Crippen molar-refractivity contribution in [2.24, 2.45) is 0 Å². The molecule has 1 amide bonds. The minimum Gasteiger partial charge on any atom is -0.338 e. The largest absolute Gasteiger partial charge is 0.338 e. The number of aryl methyl sites for hydroxylation is 1. The Hall–Kier alpha value is -3.85. The van der Waals surface area contributed by atoms with Crippen molar-refractivity contribution in [3.8, 4) is 11.4 Å². The highest BCUT2D eigenvalue weighted by molar-refractivity contribution is 5.93. The average molecular weight is 430 g/mol. The molecular weight excluding hydrogens is 408 g/mol. The molecule has 0 radical (unpaired) electrons. The summed E-state index contributed by atoms with van der Waals surface area (Å²) in [5, 5.41) is 4.08. The topological polar surface area (TPSA) is 96.8 Å². The second kappa shape index (κ2) is 8.35. The smallest absolute Gasteiger partial charge is 0.270 e. The quantitative estimate of drug-likeness (QED) is 0.489. The lowest BCUT2D eigenvalue weighted by atomic mass is 10.1. The van der Waals surface area contributed by atoms with E-state index < -0.39 is 0 Å². The number of fused-ring (bicyclic) bond motifs is 1. The molecule has 162 valence electrons. The van der Waals surface area contributed by atoms with Crippen LogP contribution in [0, 0.1) is 6.92 Å². The van der Waals surface area contributed by atoms with Crippen LogP contribution in [-0.2, 0) is 6.54 Å². The molecule has 1 fully saturated rings. The molecule has 0 bridgehead atoms. The number of piperazine rings is 1. The van der Waals surface area contributed by atoms with Crippen molar-refractivity contribution < 1.29 is 9.32 Å². The number of carbonyl (C=O) groups excluding carboxylic acids is 1. The van der Waals surface area contributed by atoms with Crippen LogP contribution >= 0.6 is 0 Å². The van der Waals surface area contributed by atoms with Crippen LogP contribution in [0.4, 0.5) is 0 Å². The molecule has 32 heavy (non-hydrogen) atoms. The van der Waals surface area contributed by atoms with Gasteiger partial charge in [-0.2, -0.15) is 4.98 Å². The van der Waals surface area contributed by atoms with E-state index in [1.54, 1.807) is 29.3 Å². The zero-order valence-electron chi connectivity index (χ0n) is 17.6. The molecule has 5 rings (SSSR count). The number of amides is 1. The van der Waals surface area contributed by atoms with E-state index in [2.05, 4.69) is 20.0 Å². The van der Waals surface area contributed by atoms with Crippen LogP contribution in [0.25, 0.3) is 17.0 Å². The van der Waals surface area contributed by atoms with Crippen molar-refractivity contribution in [3.63, 3.8) is 0 Å². The summed E-state index contributed by atoms with van der Waals surface area (Å²) in [5.74, 6) is 0.815. The van der Waals surface area contributed by atoms with E-state index in [4.69, 9.17) is 4.52 Å². The first-order chi connectivity index (χ1) is 15.6. The molecule has 0 aliphatic carbocycles. The molecule has 9 nitrogen and oxygen atoms in total. The molecule has 0 spiro atoms. The molecule has 0 unspecified atom stereocenters. The molecule has 9 heteroatoms. The fourth-order valence-corrected chi connectivity index (χ4v) is 3.78. The third-order valence-corrected chi connectivity index (χ3v) is 5.64. The van der Waals surface area contributed by atoms with Crippen LogP contribution in [0.15, 0.2) is 64.2 Å². The van der Waals surface area contributed by atoms with Crippen LogP contribution in [0.3, 0.4) is 0 Å². The summed E-state index contributed by atoms with van der Waals surface area (Å²) in [6, 6.07) is 13.2. The third-order valence-electron chi connectivity index (χ3n) is 5.64. The van der Waals surface area contributed by atoms with Gasteiger partial charge in [0.2, 0.25) is 11.7 Å². The molecule has 1 aromatic carbocycles. The Morgan fingerprint density at radius 3 is 2.62 bits per heavy atom. The Labute approximate surface area is 183 Å². The van der Waals surface area contributed by atoms with Gasteiger partial charge < -0.3 is 9.42 Å². The molecule has 4 aromatic rings. The predicted molar refractivity (Wildman–Crippen MR) is 117 cm³/mol. The van der Waals surface area contributed by atoms with E-state index in [0.29, 0.717) is 50.1 Å². The zero-order chi connectivity index (χ0) is 22.1. The average Bonchev–Trinajstić information content (AvgIpc) is 3.28. The maximum Gasteiger partial charge on any atom is 0.270 e. The molecular formula is C23H22N6O3. The van der Waals surface area contributed by atoms with Gasteiger partial charge in [0, 0.05) is 44.1 Å². The Morgan fingerprint density at radius 1 is 1.06 bits per heavy atom. The van der Waals surface area contributed by atoms with E-state index in [0.717, 1.165) is 5.56 Å². The van der Waals surface area contributed by atoms with Gasteiger partial charge >= 0.3 is 0 Å². The number of aromatic nitrogens is 4. The molecule has 4 heterocycles. The van der Waals surface area contributed by atoms with Gasteiger partial charge in [0.15, 0.2) is 0 Å². The van der Waals surface area contributed by atoms with Crippen molar-refractivity contribution in [1.82, 2.24) is 29.3 Å². The molecule has 1 aliphatic rings. The second-order valence-corrected chi connectivity index (χ2v) is 7.85. The highest BCUT2D eigenvalue weighted by Crippen LogP contribution is 2.17. The van der Waals surface area contributed by atoms with E-state index in [1.165, 1.54) is 16.2 Å². The summed E-state index contributed by atoms with van der Waals surface area (Å²) in [4.78, 5) is 38.2. The fourth-order valence-electron chi connectivity index (χ4n) is 3.78. The van der Waals surface area contributed by atoms with Gasteiger partial charge in [-0.1, -0.05) is 41.1 Å². The highest BCUT2D eigenvalue weighted by atomic mass is 16.5. The van der Waals surface area contributed by atoms with E-state index >= 15 is 0 Å².